The Morgan fingerprint density at radius 2 is 1.13 bits per heavy atom. The van der Waals surface area contributed by atoms with Gasteiger partial charge in [-0.1, -0.05) is 54.6 Å². The second kappa shape index (κ2) is 8.09. The minimum absolute atomic E-state index is 0.859. The molecule has 0 aliphatic rings. The maximum atomic E-state index is 5.04. The molecule has 0 spiro atoms. The Bertz CT molecular complexity index is 1220. The van der Waals surface area contributed by atoms with E-state index in [4.69, 9.17) is 5.10 Å². The maximum Gasteiger partial charge on any atom is 0.154 e. The summed E-state index contributed by atoms with van der Waals surface area (Å²) < 4.78 is 1.99. The molecular weight excluding hydrogens is 397 g/mol. The first kappa shape index (κ1) is 19.7. The molecule has 4 heteroatoms. The van der Waals surface area contributed by atoms with E-state index in [9.17, 15) is 0 Å². The highest BCUT2D eigenvalue weighted by molar-refractivity contribution is 7.95. The molecule has 0 atom stereocenters. The Kier molecular flexibility index (Phi) is 5.13. The molecule has 3 nitrogen and oxygen atoms in total. The second-order valence-electron chi connectivity index (χ2n) is 7.85. The summed E-state index contributed by atoms with van der Waals surface area (Å²) in [6, 6.07) is 37.1. The van der Waals surface area contributed by atoms with Crippen LogP contribution in [-0.2, 0) is 6.16 Å². The van der Waals surface area contributed by atoms with Crippen molar-refractivity contribution in [1.82, 2.24) is 14.6 Å². The number of rotatable bonds is 5. The van der Waals surface area contributed by atoms with E-state index in [1.165, 1.54) is 15.9 Å². The first-order valence-corrected chi connectivity index (χ1v) is 12.5. The highest BCUT2D eigenvalue weighted by Crippen LogP contribution is 2.57. The van der Waals surface area contributed by atoms with Gasteiger partial charge in [-0.3, -0.25) is 0 Å². The Labute approximate surface area is 183 Å². The van der Waals surface area contributed by atoms with E-state index in [2.05, 4.69) is 115 Å². The predicted octanol–water partition coefficient (Wildman–Crippen LogP) is 4.84. The zero-order valence-corrected chi connectivity index (χ0v) is 18.7. The van der Waals surface area contributed by atoms with E-state index in [0.717, 1.165) is 28.9 Å². The summed E-state index contributed by atoms with van der Waals surface area (Å²) in [5.41, 5.74) is 4.11. The van der Waals surface area contributed by atoms with Crippen LogP contribution in [0.4, 0.5) is 0 Å². The summed E-state index contributed by atoms with van der Waals surface area (Å²) in [5.74, 6) is 0. The van der Waals surface area contributed by atoms with Crippen LogP contribution in [-0.4, -0.2) is 14.6 Å². The molecule has 0 amide bonds. The van der Waals surface area contributed by atoms with Crippen molar-refractivity contribution in [3.8, 4) is 0 Å². The average Bonchev–Trinajstić information content (AvgIpc) is 3.12. The van der Waals surface area contributed by atoms with E-state index in [0.29, 0.717) is 0 Å². The van der Waals surface area contributed by atoms with Gasteiger partial charge in [0.2, 0.25) is 0 Å². The predicted molar refractivity (Wildman–Crippen MR) is 131 cm³/mol. The van der Waals surface area contributed by atoms with Crippen LogP contribution >= 0.6 is 7.26 Å². The molecular formula is C27H25N3P+. The van der Waals surface area contributed by atoms with Gasteiger partial charge < -0.3 is 0 Å². The topological polar surface area (TPSA) is 30.2 Å². The normalized spacial score (nSPS) is 11.7. The number of nitrogens with zero attached hydrogens (tertiary/aromatic N) is 3. The van der Waals surface area contributed by atoms with Gasteiger partial charge in [0.05, 0.1) is 17.1 Å². The van der Waals surface area contributed by atoms with Gasteiger partial charge in [-0.25, -0.2) is 9.50 Å². The number of imidazole rings is 1. The number of fused-ring (bicyclic) bond motifs is 1. The van der Waals surface area contributed by atoms with Crippen LogP contribution in [0.15, 0.2) is 103 Å². The molecule has 0 radical (unpaired) electrons. The smallest absolute Gasteiger partial charge is 0.154 e. The van der Waals surface area contributed by atoms with Crippen LogP contribution in [0.3, 0.4) is 0 Å². The number of benzene rings is 3. The van der Waals surface area contributed by atoms with Crippen molar-refractivity contribution in [3.05, 3.63) is 120 Å². The van der Waals surface area contributed by atoms with Crippen LogP contribution in [0.1, 0.15) is 17.1 Å². The van der Waals surface area contributed by atoms with Crippen molar-refractivity contribution in [2.24, 2.45) is 0 Å². The number of hydrogen-bond donors (Lipinski definition) is 0. The van der Waals surface area contributed by atoms with E-state index in [1.54, 1.807) is 0 Å². The highest BCUT2D eigenvalue weighted by Gasteiger charge is 2.45. The lowest BCUT2D eigenvalue weighted by Gasteiger charge is -2.27. The van der Waals surface area contributed by atoms with E-state index in [-0.39, 0.29) is 0 Å². The molecule has 5 aromatic rings. The summed E-state index contributed by atoms with van der Waals surface area (Å²) in [7, 11) is -1.96. The molecule has 2 aromatic heterocycles. The van der Waals surface area contributed by atoms with Crippen LogP contribution in [0, 0.1) is 13.8 Å². The minimum Gasteiger partial charge on any atom is -0.232 e. The molecule has 5 rings (SSSR count). The van der Waals surface area contributed by atoms with Gasteiger partial charge in [-0.2, -0.15) is 5.10 Å². The second-order valence-corrected chi connectivity index (χ2v) is 11.3. The van der Waals surface area contributed by atoms with E-state index >= 15 is 0 Å². The lowest BCUT2D eigenvalue weighted by molar-refractivity contribution is 0.861. The van der Waals surface area contributed by atoms with Crippen molar-refractivity contribution in [2.45, 2.75) is 20.0 Å². The average molecular weight is 422 g/mol. The largest absolute Gasteiger partial charge is 0.232 e. The Balaban J connectivity index is 1.77. The number of aromatic nitrogens is 3. The molecule has 0 saturated heterocycles. The fraction of sp³-hybridized carbons (Fsp3) is 0.111. The quantitative estimate of drug-likeness (QED) is 0.380. The molecule has 0 N–H and O–H groups in total. The summed E-state index contributed by atoms with van der Waals surface area (Å²) in [6.45, 7) is 4.12. The maximum absolute atomic E-state index is 5.04. The van der Waals surface area contributed by atoms with Crippen molar-refractivity contribution >= 4 is 28.8 Å². The van der Waals surface area contributed by atoms with Crippen LogP contribution in [0.2, 0.25) is 0 Å². The molecule has 31 heavy (non-hydrogen) atoms. The molecule has 0 aliphatic carbocycles. The zero-order chi connectivity index (χ0) is 21.3. The third-order valence-corrected chi connectivity index (χ3v) is 10.3. The first-order chi connectivity index (χ1) is 15.2. The zero-order valence-electron chi connectivity index (χ0n) is 17.8. The van der Waals surface area contributed by atoms with E-state index in [1.807, 2.05) is 11.4 Å². The van der Waals surface area contributed by atoms with Crippen molar-refractivity contribution < 1.29 is 0 Å². The summed E-state index contributed by atoms with van der Waals surface area (Å²) >= 11 is 0. The van der Waals surface area contributed by atoms with Gasteiger partial charge in [0, 0.05) is 0 Å². The van der Waals surface area contributed by atoms with Gasteiger partial charge in [-0.15, -0.1) is 0 Å². The van der Waals surface area contributed by atoms with Gasteiger partial charge in [0.25, 0.3) is 0 Å². The summed E-state index contributed by atoms with van der Waals surface area (Å²) in [5, 5.41) is 9.14. The molecule has 3 aromatic carbocycles. The fourth-order valence-corrected chi connectivity index (χ4v) is 8.43. The van der Waals surface area contributed by atoms with Gasteiger partial charge in [0.15, 0.2) is 5.65 Å². The SMILES string of the molecule is Cc1nc2ccc(C[P+](c3ccccc3)(c3ccccc3)c3ccccc3)nn2c1C. The summed E-state index contributed by atoms with van der Waals surface area (Å²) in [6.07, 6.45) is 0.859. The van der Waals surface area contributed by atoms with Crippen LogP contribution in [0.25, 0.3) is 5.65 Å². The monoisotopic (exact) mass is 422 g/mol. The molecule has 0 bridgehead atoms. The van der Waals surface area contributed by atoms with Gasteiger partial charge >= 0.3 is 0 Å². The first-order valence-electron chi connectivity index (χ1n) is 10.6. The third kappa shape index (κ3) is 3.45. The lowest BCUT2D eigenvalue weighted by Crippen LogP contribution is -2.32. The number of aryl methyl sites for hydroxylation is 2. The molecule has 0 saturated carbocycles. The molecule has 0 unspecified atom stereocenters. The minimum atomic E-state index is -1.96. The standard InChI is InChI=1S/C27H25N3P/c1-21-22(2)30-27(28-21)19-18-23(29-30)20-31(24-12-6-3-7-13-24,25-14-8-4-9-15-25)26-16-10-5-11-17-26/h3-19H,20H2,1-2H3/q+1. The van der Waals surface area contributed by atoms with Gasteiger partial charge in [-0.05, 0) is 62.4 Å². The van der Waals surface area contributed by atoms with Crippen LogP contribution < -0.4 is 15.9 Å². The Morgan fingerprint density at radius 1 is 0.645 bits per heavy atom. The lowest BCUT2D eigenvalue weighted by atomic mass is 10.3. The fourth-order valence-electron chi connectivity index (χ4n) is 4.29. The molecule has 2 heterocycles. The number of hydrogen-bond acceptors (Lipinski definition) is 2. The van der Waals surface area contributed by atoms with Crippen molar-refractivity contribution in [2.75, 3.05) is 0 Å². The highest BCUT2D eigenvalue weighted by atomic mass is 31.2. The Morgan fingerprint density at radius 3 is 1.61 bits per heavy atom. The van der Waals surface area contributed by atoms with Crippen LogP contribution in [0.5, 0.6) is 0 Å². The summed E-state index contributed by atoms with van der Waals surface area (Å²) in [4.78, 5) is 4.63. The molecule has 0 fully saturated rings. The molecule has 0 aliphatic heterocycles. The van der Waals surface area contributed by atoms with Crippen molar-refractivity contribution in [3.63, 3.8) is 0 Å². The van der Waals surface area contributed by atoms with Crippen molar-refractivity contribution in [1.29, 1.82) is 0 Å². The Hall–Kier alpha value is -3.29. The van der Waals surface area contributed by atoms with E-state index < -0.39 is 7.26 Å². The molecule has 152 valence electrons. The third-order valence-electron chi connectivity index (χ3n) is 5.98. The van der Waals surface area contributed by atoms with Gasteiger partial charge in [0.1, 0.15) is 29.3 Å².